The number of hydrogen-bond acceptors (Lipinski definition) is 2. The molecule has 1 aromatic rings. The van der Waals surface area contributed by atoms with Crippen molar-refractivity contribution >= 4 is 17.6 Å². The van der Waals surface area contributed by atoms with E-state index in [0.717, 1.165) is 25.1 Å². The van der Waals surface area contributed by atoms with Gasteiger partial charge >= 0.3 is 5.97 Å². The highest BCUT2D eigenvalue weighted by atomic mass is 16.4. The fraction of sp³-hybridized carbons (Fsp3) is 0.500. The van der Waals surface area contributed by atoms with Gasteiger partial charge in [0.1, 0.15) is 0 Å². The SMILES string of the molecule is O=C(O)C1CCC(C(=O)N2CCCc3ccccc32)C1. The molecule has 0 spiro atoms. The summed E-state index contributed by atoms with van der Waals surface area (Å²) in [6.07, 6.45) is 3.82. The second kappa shape index (κ2) is 5.27. The minimum absolute atomic E-state index is 0.112. The van der Waals surface area contributed by atoms with Crippen molar-refractivity contribution in [1.82, 2.24) is 0 Å². The molecule has 4 nitrogen and oxygen atoms in total. The molecule has 1 aliphatic carbocycles. The maximum absolute atomic E-state index is 12.7. The molecule has 0 aromatic heterocycles. The second-order valence-corrected chi connectivity index (χ2v) is 5.77. The van der Waals surface area contributed by atoms with Crippen LogP contribution in [0.4, 0.5) is 5.69 Å². The van der Waals surface area contributed by atoms with Crippen LogP contribution in [-0.4, -0.2) is 23.5 Å². The lowest BCUT2D eigenvalue weighted by Crippen LogP contribution is -2.39. The van der Waals surface area contributed by atoms with Crippen molar-refractivity contribution < 1.29 is 14.7 Å². The fourth-order valence-corrected chi connectivity index (χ4v) is 3.41. The Morgan fingerprint density at radius 3 is 2.65 bits per heavy atom. The predicted molar refractivity (Wildman–Crippen MR) is 75.6 cm³/mol. The number of carbonyl (C=O) groups is 2. The van der Waals surface area contributed by atoms with Crippen LogP contribution in [0, 0.1) is 11.8 Å². The summed E-state index contributed by atoms with van der Waals surface area (Å²) in [5.74, 6) is -1.12. The van der Waals surface area contributed by atoms with E-state index in [1.54, 1.807) is 0 Å². The molecule has 2 unspecified atom stereocenters. The Morgan fingerprint density at radius 2 is 1.90 bits per heavy atom. The van der Waals surface area contributed by atoms with Crippen molar-refractivity contribution in [3.05, 3.63) is 29.8 Å². The lowest BCUT2D eigenvalue weighted by atomic mass is 9.98. The summed E-state index contributed by atoms with van der Waals surface area (Å²) in [4.78, 5) is 25.6. The normalized spacial score (nSPS) is 25.3. The van der Waals surface area contributed by atoms with Gasteiger partial charge in [-0.2, -0.15) is 0 Å². The summed E-state index contributed by atoms with van der Waals surface area (Å²) in [5, 5.41) is 9.06. The van der Waals surface area contributed by atoms with E-state index in [1.807, 2.05) is 23.1 Å². The number of amides is 1. The molecule has 0 bridgehead atoms. The molecule has 0 radical (unpaired) electrons. The highest BCUT2D eigenvalue weighted by Gasteiger charge is 2.37. The minimum atomic E-state index is -0.764. The van der Waals surface area contributed by atoms with Crippen molar-refractivity contribution in [2.45, 2.75) is 32.1 Å². The zero-order valence-electron chi connectivity index (χ0n) is 11.4. The topological polar surface area (TPSA) is 57.6 Å². The lowest BCUT2D eigenvalue weighted by molar-refractivity contribution is -0.141. The number of benzene rings is 1. The lowest BCUT2D eigenvalue weighted by Gasteiger charge is -2.31. The van der Waals surface area contributed by atoms with Crippen LogP contribution >= 0.6 is 0 Å². The molecule has 0 saturated heterocycles. The van der Waals surface area contributed by atoms with Crippen molar-refractivity contribution in [1.29, 1.82) is 0 Å². The van der Waals surface area contributed by atoms with Crippen molar-refractivity contribution in [2.75, 3.05) is 11.4 Å². The molecule has 1 aliphatic heterocycles. The van der Waals surface area contributed by atoms with Crippen LogP contribution in [0.3, 0.4) is 0 Å². The van der Waals surface area contributed by atoms with Gasteiger partial charge in [0, 0.05) is 18.2 Å². The first-order valence-corrected chi connectivity index (χ1v) is 7.29. The molecule has 1 heterocycles. The van der Waals surface area contributed by atoms with E-state index in [0.29, 0.717) is 19.3 Å². The van der Waals surface area contributed by atoms with Gasteiger partial charge in [-0.25, -0.2) is 0 Å². The highest BCUT2D eigenvalue weighted by molar-refractivity contribution is 5.96. The molecule has 2 aliphatic rings. The largest absolute Gasteiger partial charge is 0.481 e. The second-order valence-electron chi connectivity index (χ2n) is 5.77. The zero-order valence-corrected chi connectivity index (χ0v) is 11.4. The Balaban J connectivity index is 1.78. The number of carbonyl (C=O) groups excluding carboxylic acids is 1. The number of carboxylic acids is 1. The van der Waals surface area contributed by atoms with Gasteiger partial charge in [0.25, 0.3) is 0 Å². The molecule has 1 N–H and O–H groups in total. The van der Waals surface area contributed by atoms with E-state index in [-0.39, 0.29) is 17.7 Å². The van der Waals surface area contributed by atoms with Crippen LogP contribution in [0.15, 0.2) is 24.3 Å². The molecule has 1 aromatic carbocycles. The molecule has 1 amide bonds. The van der Waals surface area contributed by atoms with Gasteiger partial charge in [0.05, 0.1) is 5.92 Å². The number of rotatable bonds is 2. The van der Waals surface area contributed by atoms with Gasteiger partial charge in [0.15, 0.2) is 0 Å². The molecule has 1 fully saturated rings. The summed E-state index contributed by atoms with van der Waals surface area (Å²) in [6, 6.07) is 8.03. The minimum Gasteiger partial charge on any atom is -0.481 e. The summed E-state index contributed by atoms with van der Waals surface area (Å²) >= 11 is 0. The fourth-order valence-electron chi connectivity index (χ4n) is 3.41. The van der Waals surface area contributed by atoms with Crippen molar-refractivity contribution in [3.8, 4) is 0 Å². The third-order valence-electron chi connectivity index (χ3n) is 4.51. The standard InChI is InChI=1S/C16H19NO3/c18-15(12-7-8-13(10-12)16(19)20)17-9-3-5-11-4-1-2-6-14(11)17/h1-2,4,6,12-13H,3,5,7-10H2,(H,19,20). The van der Waals surface area contributed by atoms with Gasteiger partial charge in [-0.3, -0.25) is 9.59 Å². The number of hydrogen-bond donors (Lipinski definition) is 1. The third-order valence-corrected chi connectivity index (χ3v) is 4.51. The number of carboxylic acid groups (broad SMARTS) is 1. The molecular formula is C16H19NO3. The number of aryl methyl sites for hydroxylation is 1. The van der Waals surface area contributed by atoms with E-state index in [9.17, 15) is 9.59 Å². The summed E-state index contributed by atoms with van der Waals surface area (Å²) in [7, 11) is 0. The zero-order chi connectivity index (χ0) is 14.1. The molecule has 106 valence electrons. The van der Waals surface area contributed by atoms with Crippen LogP contribution < -0.4 is 4.90 Å². The van der Waals surface area contributed by atoms with Crippen molar-refractivity contribution in [3.63, 3.8) is 0 Å². The third kappa shape index (κ3) is 2.30. The van der Waals surface area contributed by atoms with Gasteiger partial charge in [-0.1, -0.05) is 18.2 Å². The average molecular weight is 273 g/mol. The maximum atomic E-state index is 12.7. The first-order chi connectivity index (χ1) is 9.66. The van der Waals surface area contributed by atoms with Gasteiger partial charge in [0.2, 0.25) is 5.91 Å². The number of anilines is 1. The molecule has 1 saturated carbocycles. The number of fused-ring (bicyclic) bond motifs is 1. The quantitative estimate of drug-likeness (QED) is 0.900. The van der Waals surface area contributed by atoms with Gasteiger partial charge in [-0.05, 0) is 43.7 Å². The summed E-state index contributed by atoms with van der Waals surface area (Å²) in [6.45, 7) is 0.754. The molecule has 4 heteroatoms. The summed E-state index contributed by atoms with van der Waals surface area (Å²) in [5.41, 5.74) is 2.24. The van der Waals surface area contributed by atoms with Crippen LogP contribution in [0.1, 0.15) is 31.2 Å². The first kappa shape index (κ1) is 13.2. The maximum Gasteiger partial charge on any atom is 0.306 e. The Labute approximate surface area is 118 Å². The smallest absolute Gasteiger partial charge is 0.306 e. The van der Waals surface area contributed by atoms with Crippen LogP contribution in [0.5, 0.6) is 0 Å². The van der Waals surface area contributed by atoms with Crippen molar-refractivity contribution in [2.24, 2.45) is 11.8 Å². The van der Waals surface area contributed by atoms with E-state index >= 15 is 0 Å². The van der Waals surface area contributed by atoms with E-state index in [1.165, 1.54) is 5.56 Å². The predicted octanol–water partition coefficient (Wildman–Crippen LogP) is 2.47. The van der Waals surface area contributed by atoms with Crippen LogP contribution in [-0.2, 0) is 16.0 Å². The first-order valence-electron chi connectivity index (χ1n) is 7.29. The molecule has 3 rings (SSSR count). The molecule has 2 atom stereocenters. The Bertz CT molecular complexity index is 540. The Kier molecular flexibility index (Phi) is 3.47. The number of aliphatic carboxylic acids is 1. The molecule has 20 heavy (non-hydrogen) atoms. The van der Waals surface area contributed by atoms with Crippen LogP contribution in [0.25, 0.3) is 0 Å². The summed E-state index contributed by atoms with van der Waals surface area (Å²) < 4.78 is 0. The Hall–Kier alpha value is -1.84. The Morgan fingerprint density at radius 1 is 1.15 bits per heavy atom. The monoisotopic (exact) mass is 273 g/mol. The van der Waals surface area contributed by atoms with Crippen LogP contribution in [0.2, 0.25) is 0 Å². The van der Waals surface area contributed by atoms with Gasteiger partial charge in [-0.15, -0.1) is 0 Å². The number of para-hydroxylation sites is 1. The average Bonchev–Trinajstić information content (AvgIpc) is 2.96. The van der Waals surface area contributed by atoms with E-state index in [4.69, 9.17) is 5.11 Å². The number of nitrogens with zero attached hydrogens (tertiary/aromatic N) is 1. The van der Waals surface area contributed by atoms with Gasteiger partial charge < -0.3 is 10.0 Å². The highest BCUT2D eigenvalue weighted by Crippen LogP contribution is 2.35. The van der Waals surface area contributed by atoms with E-state index in [2.05, 4.69) is 6.07 Å². The van der Waals surface area contributed by atoms with E-state index < -0.39 is 5.97 Å². The molecular weight excluding hydrogens is 254 g/mol.